The highest BCUT2D eigenvalue weighted by atomic mass is 79.9. The summed E-state index contributed by atoms with van der Waals surface area (Å²) in [5, 5.41) is 2.81. The molecule has 2 bridgehead atoms. The van der Waals surface area contributed by atoms with Crippen molar-refractivity contribution < 1.29 is 4.79 Å². The lowest BCUT2D eigenvalue weighted by molar-refractivity contribution is -0.119. The molecule has 160 valence electrons. The maximum Gasteiger partial charge on any atom is 0.233 e. The number of aromatic nitrogens is 1. The van der Waals surface area contributed by atoms with Crippen LogP contribution in [0.2, 0.25) is 0 Å². The van der Waals surface area contributed by atoms with Gasteiger partial charge in [-0.15, -0.1) is 11.3 Å². The molecule has 1 heterocycles. The summed E-state index contributed by atoms with van der Waals surface area (Å²) < 4.78 is 1.05. The van der Waals surface area contributed by atoms with Crippen molar-refractivity contribution in [2.45, 2.75) is 46.0 Å². The number of carbonyl (C=O) groups is 1. The first kappa shape index (κ1) is 20.9. The van der Waals surface area contributed by atoms with Crippen LogP contribution in [0, 0.1) is 31.6 Å². The highest BCUT2D eigenvalue weighted by Crippen LogP contribution is 2.50. The summed E-state index contributed by atoms with van der Waals surface area (Å²) in [5.74, 6) is 2.30. The van der Waals surface area contributed by atoms with Crippen molar-refractivity contribution in [1.29, 1.82) is 0 Å². The second-order valence-electron chi connectivity index (χ2n) is 9.24. The van der Waals surface area contributed by atoms with Crippen molar-refractivity contribution >= 4 is 44.0 Å². The van der Waals surface area contributed by atoms with Crippen LogP contribution in [-0.2, 0) is 4.79 Å². The van der Waals surface area contributed by atoms with E-state index in [-0.39, 0.29) is 5.91 Å². The predicted molar refractivity (Wildman–Crippen MR) is 132 cm³/mol. The summed E-state index contributed by atoms with van der Waals surface area (Å²) in [5.41, 5.74) is 5.23. The third-order valence-electron chi connectivity index (χ3n) is 6.86. The smallest absolute Gasteiger partial charge is 0.233 e. The molecule has 2 aromatic carbocycles. The molecule has 0 spiro atoms. The number of carbonyl (C=O) groups excluding carboxylic acids is 1. The fourth-order valence-corrected chi connectivity index (χ4v) is 6.64. The molecule has 0 radical (unpaired) electrons. The molecule has 2 saturated carbocycles. The van der Waals surface area contributed by atoms with E-state index in [9.17, 15) is 4.79 Å². The van der Waals surface area contributed by atoms with Gasteiger partial charge in [0.25, 0.3) is 0 Å². The van der Waals surface area contributed by atoms with E-state index in [2.05, 4.69) is 65.5 Å². The number of amides is 1. The highest BCUT2D eigenvalue weighted by molar-refractivity contribution is 9.10. The van der Waals surface area contributed by atoms with Crippen molar-refractivity contribution in [3.63, 3.8) is 0 Å². The molecule has 3 aromatic rings. The van der Waals surface area contributed by atoms with E-state index in [1.165, 1.54) is 25.7 Å². The van der Waals surface area contributed by atoms with Gasteiger partial charge in [-0.25, -0.2) is 4.98 Å². The Bertz CT molecular complexity index is 1090. The first-order valence-electron chi connectivity index (χ1n) is 11.1. The maximum atomic E-state index is 13.7. The first-order chi connectivity index (χ1) is 15.0. The van der Waals surface area contributed by atoms with Gasteiger partial charge in [0.2, 0.25) is 5.91 Å². The van der Waals surface area contributed by atoms with Crippen LogP contribution in [0.25, 0.3) is 11.3 Å². The number of fused-ring (bicyclic) bond motifs is 2. The standard InChI is InChI=1S/C26H27BrN2OS/c1-16-9-17(2)11-23(10-16)29(25(30)14-21-13-18-3-4-20(21)12-18)26-28-24(15-31-26)19-5-7-22(27)8-6-19/h5-11,15,18,20-21H,3-4,12-14H2,1-2H3/t18-,20-,21-/m0/s1. The molecule has 1 amide bonds. The molecule has 5 rings (SSSR count). The Balaban J connectivity index is 1.48. The van der Waals surface area contributed by atoms with E-state index in [0.29, 0.717) is 12.3 Å². The number of rotatable bonds is 5. The van der Waals surface area contributed by atoms with Crippen LogP contribution in [0.5, 0.6) is 0 Å². The molecule has 0 unspecified atom stereocenters. The van der Waals surface area contributed by atoms with Gasteiger partial charge < -0.3 is 0 Å². The Kier molecular flexibility index (Phi) is 5.74. The Labute approximate surface area is 196 Å². The average Bonchev–Trinajstić information content (AvgIpc) is 3.45. The van der Waals surface area contributed by atoms with E-state index >= 15 is 0 Å². The van der Waals surface area contributed by atoms with Gasteiger partial charge in [-0.2, -0.15) is 0 Å². The number of aryl methyl sites for hydroxylation is 2. The lowest BCUT2D eigenvalue weighted by Crippen LogP contribution is -2.29. The maximum absolute atomic E-state index is 13.7. The molecule has 3 atom stereocenters. The SMILES string of the molecule is Cc1cc(C)cc(N(C(=O)C[C@@H]2C[C@H]3CC[C@H]2C3)c2nc(-c3ccc(Br)cc3)cs2)c1. The van der Waals surface area contributed by atoms with Crippen molar-refractivity contribution in [2.75, 3.05) is 4.90 Å². The lowest BCUT2D eigenvalue weighted by atomic mass is 9.86. The number of hydrogen-bond acceptors (Lipinski definition) is 3. The summed E-state index contributed by atoms with van der Waals surface area (Å²) in [6.45, 7) is 4.17. The topological polar surface area (TPSA) is 33.2 Å². The van der Waals surface area contributed by atoms with Gasteiger partial charge in [0.1, 0.15) is 0 Å². The molecule has 3 nitrogen and oxygen atoms in total. The van der Waals surface area contributed by atoms with E-state index in [1.54, 1.807) is 11.3 Å². The molecule has 2 fully saturated rings. The Morgan fingerprint density at radius 2 is 1.84 bits per heavy atom. The molecule has 0 saturated heterocycles. The Morgan fingerprint density at radius 1 is 1.10 bits per heavy atom. The zero-order chi connectivity index (χ0) is 21.5. The molecule has 0 N–H and O–H groups in total. The lowest BCUT2D eigenvalue weighted by Gasteiger charge is -2.26. The fraction of sp³-hybridized carbons (Fsp3) is 0.385. The predicted octanol–water partition coefficient (Wildman–Crippen LogP) is 7.68. The van der Waals surface area contributed by atoms with Gasteiger partial charge in [-0.1, -0.05) is 40.5 Å². The molecular formula is C26H27BrN2OS. The van der Waals surface area contributed by atoms with E-state index in [4.69, 9.17) is 4.98 Å². The number of benzene rings is 2. The van der Waals surface area contributed by atoms with Crippen LogP contribution in [0.15, 0.2) is 52.3 Å². The van der Waals surface area contributed by atoms with Gasteiger partial charge in [-0.3, -0.25) is 9.69 Å². The summed E-state index contributed by atoms with van der Waals surface area (Å²) in [6, 6.07) is 14.5. The Hall–Kier alpha value is -1.98. The van der Waals surface area contributed by atoms with Gasteiger partial charge in [0, 0.05) is 21.8 Å². The monoisotopic (exact) mass is 494 g/mol. The minimum absolute atomic E-state index is 0.180. The molecule has 5 heteroatoms. The third kappa shape index (κ3) is 4.35. The molecule has 2 aliphatic rings. The number of anilines is 2. The van der Waals surface area contributed by atoms with E-state index in [1.807, 2.05) is 17.0 Å². The van der Waals surface area contributed by atoms with Crippen molar-refractivity contribution in [3.8, 4) is 11.3 Å². The van der Waals surface area contributed by atoms with Crippen molar-refractivity contribution in [2.24, 2.45) is 17.8 Å². The second kappa shape index (κ2) is 8.51. The van der Waals surface area contributed by atoms with Crippen LogP contribution >= 0.6 is 27.3 Å². The van der Waals surface area contributed by atoms with Crippen molar-refractivity contribution in [1.82, 2.24) is 4.98 Å². The summed E-state index contributed by atoms with van der Waals surface area (Å²) in [4.78, 5) is 20.4. The molecule has 31 heavy (non-hydrogen) atoms. The van der Waals surface area contributed by atoms with E-state index < -0.39 is 0 Å². The van der Waals surface area contributed by atoms with Gasteiger partial charge in [-0.05, 0) is 86.3 Å². The zero-order valence-electron chi connectivity index (χ0n) is 18.0. The first-order valence-corrected chi connectivity index (χ1v) is 12.8. The Morgan fingerprint density at radius 3 is 2.48 bits per heavy atom. The largest absolute Gasteiger partial charge is 0.274 e. The number of thiazole rings is 1. The normalized spacial score (nSPS) is 22.1. The number of nitrogens with zero attached hydrogens (tertiary/aromatic N) is 2. The fourth-order valence-electron chi connectivity index (χ4n) is 5.50. The van der Waals surface area contributed by atoms with E-state index in [0.717, 1.165) is 49.5 Å². The molecular weight excluding hydrogens is 468 g/mol. The van der Waals surface area contributed by atoms with Crippen LogP contribution in [0.4, 0.5) is 10.8 Å². The van der Waals surface area contributed by atoms with Crippen LogP contribution in [0.1, 0.15) is 43.2 Å². The van der Waals surface area contributed by atoms with Crippen LogP contribution < -0.4 is 4.90 Å². The van der Waals surface area contributed by atoms with Gasteiger partial charge in [0.05, 0.1) is 11.4 Å². The molecule has 1 aromatic heterocycles. The van der Waals surface area contributed by atoms with Crippen molar-refractivity contribution in [3.05, 3.63) is 63.4 Å². The van der Waals surface area contributed by atoms with Crippen LogP contribution in [0.3, 0.4) is 0 Å². The summed E-state index contributed by atoms with van der Waals surface area (Å²) in [7, 11) is 0. The number of halogens is 1. The van der Waals surface area contributed by atoms with Crippen LogP contribution in [-0.4, -0.2) is 10.9 Å². The zero-order valence-corrected chi connectivity index (χ0v) is 20.4. The average molecular weight is 495 g/mol. The third-order valence-corrected chi connectivity index (χ3v) is 8.21. The van der Waals surface area contributed by atoms with Gasteiger partial charge >= 0.3 is 0 Å². The molecule has 0 aliphatic heterocycles. The minimum Gasteiger partial charge on any atom is -0.274 e. The summed E-state index contributed by atoms with van der Waals surface area (Å²) in [6.07, 6.45) is 5.84. The second-order valence-corrected chi connectivity index (χ2v) is 11.0. The van der Waals surface area contributed by atoms with Gasteiger partial charge in [0.15, 0.2) is 5.13 Å². The highest BCUT2D eigenvalue weighted by Gasteiger charge is 2.41. The molecule has 2 aliphatic carbocycles. The quantitative estimate of drug-likeness (QED) is 0.364. The minimum atomic E-state index is 0.180. The summed E-state index contributed by atoms with van der Waals surface area (Å²) >= 11 is 5.04. The number of hydrogen-bond donors (Lipinski definition) is 0.